The summed E-state index contributed by atoms with van der Waals surface area (Å²) >= 11 is 6.51. The van der Waals surface area contributed by atoms with E-state index in [0.717, 1.165) is 43.1 Å². The minimum Gasteiger partial charge on any atom is -0.490 e. The second kappa shape index (κ2) is 9.48. The number of rotatable bonds is 2. The summed E-state index contributed by atoms with van der Waals surface area (Å²) in [6, 6.07) is 2.54. The van der Waals surface area contributed by atoms with E-state index in [2.05, 4.69) is 30.5 Å². The van der Waals surface area contributed by atoms with Crippen molar-refractivity contribution in [1.29, 1.82) is 0 Å². The third kappa shape index (κ3) is 4.16. The summed E-state index contributed by atoms with van der Waals surface area (Å²) in [6.45, 7) is 2.22. The van der Waals surface area contributed by atoms with Crippen molar-refractivity contribution in [1.82, 2.24) is 19.1 Å². The smallest absolute Gasteiger partial charge is 0.416 e. The molecule has 188 valence electrons. The summed E-state index contributed by atoms with van der Waals surface area (Å²) in [7, 11) is 0. The molecular weight excluding hydrogens is 580 g/mol. The number of alkyl halides is 2. The first-order valence-electron chi connectivity index (χ1n) is 10.9. The Bertz CT molecular complexity index is 1420. The molecule has 4 aromatic heterocycles. The Hall–Kier alpha value is -2.97. The highest BCUT2D eigenvalue weighted by atomic mass is 79.9. The third-order valence-electron chi connectivity index (χ3n) is 5.80. The normalized spacial score (nSPS) is 17.9. The minimum absolute atomic E-state index is 0.184. The summed E-state index contributed by atoms with van der Waals surface area (Å²) in [4.78, 5) is 23.4. The van der Waals surface area contributed by atoms with Gasteiger partial charge in [0.25, 0.3) is 6.43 Å². The maximum atomic E-state index is 13.1. The van der Waals surface area contributed by atoms with Crippen molar-refractivity contribution in [2.24, 2.45) is 0 Å². The fourth-order valence-corrected chi connectivity index (χ4v) is 6.24. The van der Waals surface area contributed by atoms with Crippen molar-refractivity contribution in [2.75, 3.05) is 24.7 Å². The fraction of sp³-hybridized carbons (Fsp3) is 0.318. The van der Waals surface area contributed by atoms with Crippen molar-refractivity contribution in [3.63, 3.8) is 0 Å². The Morgan fingerprint density at radius 1 is 0.944 bits per heavy atom. The van der Waals surface area contributed by atoms with Crippen LogP contribution in [0, 0.1) is 0 Å². The number of halogens is 3. The van der Waals surface area contributed by atoms with Crippen molar-refractivity contribution >= 4 is 50.5 Å². The predicted octanol–water partition coefficient (Wildman–Crippen LogP) is 5.36. The molecule has 7 rings (SSSR count). The summed E-state index contributed by atoms with van der Waals surface area (Å²) in [5.74, 6) is 3.47. The van der Waals surface area contributed by atoms with Crippen LogP contribution in [0.3, 0.4) is 0 Å². The van der Waals surface area contributed by atoms with E-state index in [1.165, 1.54) is 11.3 Å². The topological polar surface area (TPSA) is 83.6 Å². The van der Waals surface area contributed by atoms with E-state index < -0.39 is 18.6 Å². The zero-order valence-electron chi connectivity index (χ0n) is 18.5. The quantitative estimate of drug-likeness (QED) is 0.309. The van der Waals surface area contributed by atoms with E-state index in [1.54, 1.807) is 17.5 Å². The number of hydrogen-bond acceptors (Lipinski definition) is 8. The molecule has 0 unspecified atom stereocenters. The largest absolute Gasteiger partial charge is 0.490 e. The second-order valence-electron chi connectivity index (χ2n) is 7.97. The van der Waals surface area contributed by atoms with Crippen LogP contribution in [0.2, 0.25) is 0 Å². The van der Waals surface area contributed by atoms with E-state index in [-0.39, 0.29) is 12.4 Å². The molecule has 0 radical (unpaired) electrons. The molecule has 36 heavy (non-hydrogen) atoms. The molecule has 1 fully saturated rings. The zero-order chi connectivity index (χ0) is 24.8. The number of nitrogens with zero attached hydrogens (tertiary/aromatic N) is 5. The zero-order valence-corrected chi connectivity index (χ0v) is 21.7. The minimum atomic E-state index is -2.69. The van der Waals surface area contributed by atoms with Crippen molar-refractivity contribution in [3.05, 3.63) is 39.9 Å². The lowest BCUT2D eigenvalue weighted by atomic mass is 10.3. The standard InChI is InChI=1S/C13H11F2N3O3S.C9H7BrN2OS/c14-11(15)7-6-21-13(19)18(7)9-5-17-2-3-20-8-1-4-22-10(8)12(17)16-9;10-7-5-12-2-3-13-6-1-4-14-8(6)9(12)11-7/h1,4-5,7,11H,2-3,6H2;1,4-5H,2-3H2/t7-;/m0./s1. The summed E-state index contributed by atoms with van der Waals surface area (Å²) in [5, 5.41) is 3.91. The monoisotopic (exact) mass is 597 g/mol. The average molecular weight is 598 g/mol. The van der Waals surface area contributed by atoms with E-state index in [0.29, 0.717) is 25.6 Å². The number of cyclic esters (lactones) is 1. The van der Waals surface area contributed by atoms with Crippen LogP contribution < -0.4 is 14.4 Å². The molecule has 3 aliphatic heterocycles. The van der Waals surface area contributed by atoms with Gasteiger partial charge in [-0.05, 0) is 38.8 Å². The molecule has 1 amide bonds. The van der Waals surface area contributed by atoms with Gasteiger partial charge in [-0.2, -0.15) is 0 Å². The summed E-state index contributed by atoms with van der Waals surface area (Å²) in [5.41, 5.74) is 0. The van der Waals surface area contributed by atoms with Gasteiger partial charge in [0, 0.05) is 12.4 Å². The fourth-order valence-electron chi connectivity index (χ4n) is 4.15. The lowest BCUT2D eigenvalue weighted by Gasteiger charge is -2.17. The molecule has 3 aliphatic rings. The molecule has 0 aliphatic carbocycles. The number of carbonyl (C=O) groups excluding carboxylic acids is 1. The van der Waals surface area contributed by atoms with Crippen molar-refractivity contribution < 1.29 is 27.8 Å². The van der Waals surface area contributed by atoms with Gasteiger partial charge in [0.15, 0.2) is 17.5 Å². The molecule has 0 saturated carbocycles. The van der Waals surface area contributed by atoms with Crippen molar-refractivity contribution in [3.8, 4) is 32.9 Å². The second-order valence-corrected chi connectivity index (χ2v) is 10.6. The Labute approximate surface area is 220 Å². The molecule has 1 atom stereocenters. The summed E-state index contributed by atoms with van der Waals surface area (Å²) < 4.78 is 46.9. The molecule has 1 saturated heterocycles. The molecule has 7 heterocycles. The first kappa shape index (κ1) is 23.4. The SMILES string of the molecule is Brc1cn2c(n1)-c1sccc1OCC2.O=C1OC[C@@H](C(F)F)N1c1cn2c(n1)-c1sccc1OCC2. The van der Waals surface area contributed by atoms with Gasteiger partial charge in [0.1, 0.15) is 51.7 Å². The van der Waals surface area contributed by atoms with Gasteiger partial charge >= 0.3 is 6.09 Å². The highest BCUT2D eigenvalue weighted by molar-refractivity contribution is 9.10. The van der Waals surface area contributed by atoms with Crippen LogP contribution in [-0.4, -0.2) is 57.5 Å². The molecule has 0 N–H and O–H groups in total. The van der Waals surface area contributed by atoms with Gasteiger partial charge in [-0.25, -0.2) is 28.4 Å². The number of anilines is 1. The predicted molar refractivity (Wildman–Crippen MR) is 133 cm³/mol. The molecule has 0 aromatic carbocycles. The lowest BCUT2D eigenvalue weighted by molar-refractivity contribution is 0.104. The first-order chi connectivity index (χ1) is 17.5. The van der Waals surface area contributed by atoms with Crippen molar-refractivity contribution in [2.45, 2.75) is 25.6 Å². The first-order valence-corrected chi connectivity index (χ1v) is 13.5. The van der Waals surface area contributed by atoms with Gasteiger partial charge in [0.05, 0.1) is 13.1 Å². The van der Waals surface area contributed by atoms with E-state index >= 15 is 0 Å². The van der Waals surface area contributed by atoms with Gasteiger partial charge in [-0.3, -0.25) is 0 Å². The Balaban J connectivity index is 0.000000147. The van der Waals surface area contributed by atoms with Crippen LogP contribution in [0.25, 0.3) is 21.4 Å². The summed E-state index contributed by atoms with van der Waals surface area (Å²) in [6.07, 6.45) is 0.109. The molecular formula is C22H18BrF2N5O4S2. The van der Waals surface area contributed by atoms with Crippen LogP contribution in [0.1, 0.15) is 0 Å². The number of fused-ring (bicyclic) bond motifs is 6. The van der Waals surface area contributed by atoms with Gasteiger partial charge in [-0.1, -0.05) is 0 Å². The molecule has 9 nitrogen and oxygen atoms in total. The molecule has 0 bridgehead atoms. The van der Waals surface area contributed by atoms with Crippen LogP contribution in [0.15, 0.2) is 39.9 Å². The third-order valence-corrected chi connectivity index (χ3v) is 7.96. The average Bonchev–Trinajstić information content (AvgIpc) is 3.65. The maximum Gasteiger partial charge on any atom is 0.416 e. The van der Waals surface area contributed by atoms with Crippen LogP contribution in [0.4, 0.5) is 19.4 Å². The Morgan fingerprint density at radius 3 is 2.19 bits per heavy atom. The highest BCUT2D eigenvalue weighted by Crippen LogP contribution is 2.39. The van der Waals surface area contributed by atoms with E-state index in [1.807, 2.05) is 33.7 Å². The van der Waals surface area contributed by atoms with E-state index in [4.69, 9.17) is 14.2 Å². The maximum absolute atomic E-state index is 13.1. The Morgan fingerprint density at radius 2 is 1.56 bits per heavy atom. The molecule has 14 heteroatoms. The number of imidazole rings is 2. The number of carbonyl (C=O) groups is 1. The van der Waals surface area contributed by atoms with Gasteiger partial charge < -0.3 is 23.3 Å². The highest BCUT2D eigenvalue weighted by Gasteiger charge is 2.42. The van der Waals surface area contributed by atoms with E-state index in [9.17, 15) is 13.6 Å². The van der Waals surface area contributed by atoms with Gasteiger partial charge in [-0.15, -0.1) is 22.7 Å². The molecule has 4 aromatic rings. The van der Waals surface area contributed by atoms with Crippen LogP contribution >= 0.6 is 38.6 Å². The Kier molecular flexibility index (Phi) is 6.17. The lowest BCUT2D eigenvalue weighted by Crippen LogP contribution is -2.38. The van der Waals surface area contributed by atoms with Gasteiger partial charge in [0.2, 0.25) is 0 Å². The number of amides is 1. The molecule has 0 spiro atoms. The number of hydrogen-bond donors (Lipinski definition) is 0. The van der Waals surface area contributed by atoms with Crippen LogP contribution in [-0.2, 0) is 17.8 Å². The van der Waals surface area contributed by atoms with Crippen LogP contribution in [0.5, 0.6) is 11.5 Å². The number of thiophene rings is 2. The number of aromatic nitrogens is 4. The number of ether oxygens (including phenoxy) is 3.